The van der Waals surface area contributed by atoms with Gasteiger partial charge in [0.15, 0.2) is 0 Å². The third-order valence-electron chi connectivity index (χ3n) is 2.51. The Labute approximate surface area is 84.3 Å². The number of para-hydroxylation sites is 1. The highest BCUT2D eigenvalue weighted by Gasteiger charge is 2.14. The molecule has 0 spiro atoms. The fourth-order valence-electron chi connectivity index (χ4n) is 1.72. The maximum Gasteiger partial charge on any atom is 0.0741 e. The maximum absolute atomic E-state index is 5.86. The van der Waals surface area contributed by atoms with Crippen LogP contribution in [0, 0.1) is 0 Å². The highest BCUT2D eigenvalue weighted by molar-refractivity contribution is 5.46. The summed E-state index contributed by atoms with van der Waals surface area (Å²) in [5.74, 6) is 0. The lowest BCUT2D eigenvalue weighted by Crippen LogP contribution is -2.39. The van der Waals surface area contributed by atoms with Crippen molar-refractivity contribution in [1.82, 2.24) is 5.32 Å². The van der Waals surface area contributed by atoms with E-state index in [9.17, 15) is 0 Å². The molecule has 2 rings (SSSR count). The molecule has 3 heteroatoms. The number of nitrogens with one attached hydrogen (secondary N) is 1. The van der Waals surface area contributed by atoms with E-state index in [4.69, 9.17) is 10.5 Å². The summed E-state index contributed by atoms with van der Waals surface area (Å²) in [7, 11) is 0. The van der Waals surface area contributed by atoms with E-state index in [1.54, 1.807) is 0 Å². The molecule has 1 saturated heterocycles. The first-order chi connectivity index (χ1) is 6.86. The number of hydrogen-bond acceptors (Lipinski definition) is 3. The molecular weight excluding hydrogens is 176 g/mol. The average molecular weight is 192 g/mol. The monoisotopic (exact) mass is 192 g/mol. The minimum absolute atomic E-state index is 0.272. The van der Waals surface area contributed by atoms with Gasteiger partial charge in [-0.05, 0) is 11.6 Å². The SMILES string of the molecule is Nc1ccccc1C[C@@H]1CNCCO1. The van der Waals surface area contributed by atoms with Gasteiger partial charge in [-0.25, -0.2) is 0 Å². The summed E-state index contributed by atoms with van der Waals surface area (Å²) >= 11 is 0. The van der Waals surface area contributed by atoms with Gasteiger partial charge in [0.1, 0.15) is 0 Å². The molecule has 0 bridgehead atoms. The molecule has 1 aliphatic rings. The molecular formula is C11H16N2O. The Morgan fingerprint density at radius 2 is 2.29 bits per heavy atom. The Balaban J connectivity index is 1.99. The second-order valence-corrected chi connectivity index (χ2v) is 3.60. The predicted octanol–water partition coefficient (Wildman–Crippen LogP) is 0.800. The fraction of sp³-hybridized carbons (Fsp3) is 0.455. The normalized spacial score (nSPS) is 22.1. The average Bonchev–Trinajstić information content (AvgIpc) is 2.23. The minimum atomic E-state index is 0.272. The summed E-state index contributed by atoms with van der Waals surface area (Å²) in [6, 6.07) is 7.97. The van der Waals surface area contributed by atoms with Gasteiger partial charge in [-0.15, -0.1) is 0 Å². The van der Waals surface area contributed by atoms with Crippen LogP contribution in [-0.2, 0) is 11.2 Å². The van der Waals surface area contributed by atoms with Crippen LogP contribution in [0.25, 0.3) is 0 Å². The highest BCUT2D eigenvalue weighted by Crippen LogP contribution is 2.14. The summed E-state index contributed by atoms with van der Waals surface area (Å²) in [4.78, 5) is 0. The summed E-state index contributed by atoms with van der Waals surface area (Å²) in [5.41, 5.74) is 7.91. The van der Waals surface area contributed by atoms with Crippen LogP contribution in [0.1, 0.15) is 5.56 Å². The lowest BCUT2D eigenvalue weighted by molar-refractivity contribution is 0.0293. The molecule has 0 aromatic heterocycles. The summed E-state index contributed by atoms with van der Waals surface area (Å²) in [5, 5.41) is 3.31. The molecule has 0 saturated carbocycles. The van der Waals surface area contributed by atoms with Crippen molar-refractivity contribution in [3.8, 4) is 0 Å². The lowest BCUT2D eigenvalue weighted by Gasteiger charge is -2.24. The minimum Gasteiger partial charge on any atom is -0.399 e. The smallest absolute Gasteiger partial charge is 0.0741 e. The highest BCUT2D eigenvalue weighted by atomic mass is 16.5. The molecule has 76 valence electrons. The molecule has 1 aromatic carbocycles. The zero-order valence-corrected chi connectivity index (χ0v) is 8.20. The largest absolute Gasteiger partial charge is 0.399 e. The van der Waals surface area contributed by atoms with Gasteiger partial charge in [0.05, 0.1) is 12.7 Å². The number of anilines is 1. The Bertz CT molecular complexity index is 295. The molecule has 3 N–H and O–H groups in total. The molecule has 1 atom stereocenters. The van der Waals surface area contributed by atoms with E-state index in [0.29, 0.717) is 0 Å². The molecule has 14 heavy (non-hydrogen) atoms. The van der Waals surface area contributed by atoms with Gasteiger partial charge in [0.2, 0.25) is 0 Å². The topological polar surface area (TPSA) is 47.3 Å². The van der Waals surface area contributed by atoms with Gasteiger partial charge < -0.3 is 15.8 Å². The third-order valence-corrected chi connectivity index (χ3v) is 2.51. The molecule has 0 radical (unpaired) electrons. The van der Waals surface area contributed by atoms with Crippen molar-refractivity contribution in [2.24, 2.45) is 0 Å². The first-order valence-electron chi connectivity index (χ1n) is 5.02. The molecule has 0 aliphatic carbocycles. The second-order valence-electron chi connectivity index (χ2n) is 3.60. The van der Waals surface area contributed by atoms with Crippen LogP contribution in [0.3, 0.4) is 0 Å². The number of ether oxygens (including phenoxy) is 1. The van der Waals surface area contributed by atoms with E-state index < -0.39 is 0 Å². The summed E-state index contributed by atoms with van der Waals surface area (Å²) in [6.07, 6.45) is 1.17. The number of nitrogens with two attached hydrogens (primary N) is 1. The van der Waals surface area contributed by atoms with Crippen molar-refractivity contribution in [3.63, 3.8) is 0 Å². The molecule has 1 fully saturated rings. The van der Waals surface area contributed by atoms with Crippen molar-refractivity contribution < 1.29 is 4.74 Å². The summed E-state index contributed by atoms with van der Waals surface area (Å²) in [6.45, 7) is 2.69. The third kappa shape index (κ3) is 2.25. The first kappa shape index (κ1) is 9.49. The molecule has 1 aromatic rings. The van der Waals surface area contributed by atoms with Crippen molar-refractivity contribution in [2.45, 2.75) is 12.5 Å². The molecule has 0 amide bonds. The van der Waals surface area contributed by atoms with Gasteiger partial charge in [0.25, 0.3) is 0 Å². The number of hydrogen-bond donors (Lipinski definition) is 2. The maximum atomic E-state index is 5.86. The van der Waals surface area contributed by atoms with E-state index in [-0.39, 0.29) is 6.10 Å². The van der Waals surface area contributed by atoms with Crippen LogP contribution >= 0.6 is 0 Å². The fourth-order valence-corrected chi connectivity index (χ4v) is 1.72. The van der Waals surface area contributed by atoms with Gasteiger partial charge >= 0.3 is 0 Å². The molecule has 1 heterocycles. The van der Waals surface area contributed by atoms with Gasteiger partial charge in [-0.1, -0.05) is 18.2 Å². The van der Waals surface area contributed by atoms with Crippen molar-refractivity contribution >= 4 is 5.69 Å². The predicted molar refractivity (Wildman–Crippen MR) is 57.2 cm³/mol. The Hall–Kier alpha value is -1.06. The van der Waals surface area contributed by atoms with E-state index in [0.717, 1.165) is 31.8 Å². The van der Waals surface area contributed by atoms with Gasteiger partial charge in [0, 0.05) is 25.2 Å². The van der Waals surface area contributed by atoms with E-state index in [1.165, 1.54) is 5.56 Å². The first-order valence-corrected chi connectivity index (χ1v) is 5.02. The van der Waals surface area contributed by atoms with Crippen LogP contribution in [0.5, 0.6) is 0 Å². The standard InChI is InChI=1S/C11H16N2O/c12-11-4-2-1-3-9(11)7-10-8-13-5-6-14-10/h1-4,10,13H,5-8,12H2/t10-/m1/s1. The van der Waals surface area contributed by atoms with E-state index in [2.05, 4.69) is 11.4 Å². The Morgan fingerprint density at radius 1 is 1.43 bits per heavy atom. The van der Waals surface area contributed by atoms with Gasteiger partial charge in [-0.3, -0.25) is 0 Å². The van der Waals surface area contributed by atoms with Crippen molar-refractivity contribution in [3.05, 3.63) is 29.8 Å². The zero-order chi connectivity index (χ0) is 9.80. The number of nitrogen functional groups attached to an aromatic ring is 1. The van der Waals surface area contributed by atoms with Crippen LogP contribution in [0.15, 0.2) is 24.3 Å². The number of morpholine rings is 1. The Morgan fingerprint density at radius 3 is 3.00 bits per heavy atom. The van der Waals surface area contributed by atoms with E-state index in [1.807, 2.05) is 18.2 Å². The molecule has 3 nitrogen and oxygen atoms in total. The lowest BCUT2D eigenvalue weighted by atomic mass is 10.1. The van der Waals surface area contributed by atoms with Crippen LogP contribution in [-0.4, -0.2) is 25.8 Å². The van der Waals surface area contributed by atoms with Crippen molar-refractivity contribution in [2.75, 3.05) is 25.4 Å². The number of benzene rings is 1. The van der Waals surface area contributed by atoms with Crippen molar-refractivity contribution in [1.29, 1.82) is 0 Å². The quantitative estimate of drug-likeness (QED) is 0.681. The van der Waals surface area contributed by atoms with E-state index >= 15 is 0 Å². The summed E-state index contributed by atoms with van der Waals surface area (Å²) < 4.78 is 5.62. The second kappa shape index (κ2) is 4.44. The number of rotatable bonds is 2. The van der Waals surface area contributed by atoms with Crippen LogP contribution in [0.2, 0.25) is 0 Å². The Kier molecular flexibility index (Phi) is 3.01. The van der Waals surface area contributed by atoms with Crippen LogP contribution in [0.4, 0.5) is 5.69 Å². The molecule has 1 aliphatic heterocycles. The molecule has 0 unspecified atom stereocenters. The van der Waals surface area contributed by atoms with Gasteiger partial charge in [-0.2, -0.15) is 0 Å². The zero-order valence-electron chi connectivity index (χ0n) is 8.20. The van der Waals surface area contributed by atoms with Crippen LogP contribution < -0.4 is 11.1 Å².